The summed E-state index contributed by atoms with van der Waals surface area (Å²) in [4.78, 5) is 3.50. The maximum Gasteiger partial charge on any atom is 0.244 e. The second-order valence-corrected chi connectivity index (χ2v) is 7.35. The molecule has 1 fully saturated rings. The van der Waals surface area contributed by atoms with E-state index < -0.39 is 10.0 Å². The third kappa shape index (κ3) is 2.75. The number of rotatable bonds is 4. The third-order valence-electron chi connectivity index (χ3n) is 3.12. The molecular formula is C11H19N3O2S2. The number of piperazine rings is 1. The monoisotopic (exact) mass is 289 g/mol. The lowest BCUT2D eigenvalue weighted by Gasteiger charge is -2.31. The van der Waals surface area contributed by atoms with Gasteiger partial charge in [0, 0.05) is 37.6 Å². The maximum atomic E-state index is 12.5. The van der Waals surface area contributed by atoms with E-state index in [0.717, 1.165) is 18.0 Å². The lowest BCUT2D eigenvalue weighted by molar-refractivity contribution is 0.222. The zero-order valence-corrected chi connectivity index (χ0v) is 12.4. The van der Waals surface area contributed by atoms with Gasteiger partial charge in [0.2, 0.25) is 10.0 Å². The molecule has 0 unspecified atom stereocenters. The highest BCUT2D eigenvalue weighted by atomic mass is 32.2. The summed E-state index contributed by atoms with van der Waals surface area (Å²) >= 11 is 1.49. The van der Waals surface area contributed by atoms with Crippen molar-refractivity contribution in [2.75, 3.05) is 40.3 Å². The Morgan fingerprint density at radius 3 is 2.61 bits per heavy atom. The smallest absolute Gasteiger partial charge is 0.244 e. The van der Waals surface area contributed by atoms with Crippen molar-refractivity contribution in [3.63, 3.8) is 0 Å². The molecule has 2 heterocycles. The van der Waals surface area contributed by atoms with Crippen LogP contribution in [0.2, 0.25) is 0 Å². The van der Waals surface area contributed by atoms with Gasteiger partial charge in [-0.25, -0.2) is 8.42 Å². The lowest BCUT2D eigenvalue weighted by Crippen LogP contribution is -2.47. The largest absolute Gasteiger partial charge is 0.315 e. The van der Waals surface area contributed by atoms with Gasteiger partial charge in [-0.15, -0.1) is 11.3 Å². The number of hydrogen-bond acceptors (Lipinski definition) is 5. The van der Waals surface area contributed by atoms with Crippen LogP contribution < -0.4 is 5.32 Å². The van der Waals surface area contributed by atoms with E-state index in [1.54, 1.807) is 10.4 Å². The molecule has 0 amide bonds. The Hall–Kier alpha value is -0.470. The van der Waals surface area contributed by atoms with Crippen LogP contribution in [0.3, 0.4) is 0 Å². The summed E-state index contributed by atoms with van der Waals surface area (Å²) in [5.41, 5.74) is 0. The number of sulfonamides is 1. The zero-order valence-electron chi connectivity index (χ0n) is 10.7. The van der Waals surface area contributed by atoms with Gasteiger partial charge in [0.15, 0.2) is 0 Å². The van der Waals surface area contributed by atoms with Crippen molar-refractivity contribution >= 4 is 21.4 Å². The van der Waals surface area contributed by atoms with Crippen molar-refractivity contribution in [2.45, 2.75) is 11.4 Å². The average molecular weight is 289 g/mol. The summed E-state index contributed by atoms with van der Waals surface area (Å²) in [7, 11) is 0.522. The van der Waals surface area contributed by atoms with E-state index in [4.69, 9.17) is 0 Å². The highest BCUT2D eigenvalue weighted by Crippen LogP contribution is 2.25. The highest BCUT2D eigenvalue weighted by Gasteiger charge is 2.29. The van der Waals surface area contributed by atoms with E-state index in [2.05, 4.69) is 10.2 Å². The first kappa shape index (κ1) is 14.0. The number of nitrogens with one attached hydrogen (secondary N) is 1. The quantitative estimate of drug-likeness (QED) is 0.872. The van der Waals surface area contributed by atoms with E-state index in [1.165, 1.54) is 11.3 Å². The standard InChI is InChI=1S/C11H19N3O2S2/c1-12-9-10-11(3-8-17-10)18(15,16)14-6-4-13(2)5-7-14/h3,8,12H,4-7,9H2,1-2H3. The molecule has 0 radical (unpaired) electrons. The average Bonchev–Trinajstić information content (AvgIpc) is 2.79. The molecule has 0 saturated carbocycles. The molecule has 0 atom stereocenters. The van der Waals surface area contributed by atoms with Crippen molar-refractivity contribution < 1.29 is 8.42 Å². The fourth-order valence-electron chi connectivity index (χ4n) is 2.02. The molecule has 1 aromatic heterocycles. The predicted octanol–water partition coefficient (Wildman–Crippen LogP) is 0.404. The second-order valence-electron chi connectivity index (χ2n) is 4.45. The summed E-state index contributed by atoms with van der Waals surface area (Å²) in [6, 6.07) is 1.71. The molecule has 7 heteroatoms. The summed E-state index contributed by atoms with van der Waals surface area (Å²) < 4.78 is 26.7. The van der Waals surface area contributed by atoms with Crippen LogP contribution in [0.4, 0.5) is 0 Å². The van der Waals surface area contributed by atoms with E-state index >= 15 is 0 Å². The van der Waals surface area contributed by atoms with Gasteiger partial charge in [-0.05, 0) is 25.5 Å². The van der Waals surface area contributed by atoms with Crippen LogP contribution in [0.25, 0.3) is 0 Å². The molecule has 0 aliphatic carbocycles. The number of thiophene rings is 1. The molecular weight excluding hydrogens is 270 g/mol. The Morgan fingerprint density at radius 2 is 2.00 bits per heavy atom. The molecule has 0 spiro atoms. The van der Waals surface area contributed by atoms with Crippen molar-refractivity contribution in [1.82, 2.24) is 14.5 Å². The molecule has 1 aromatic rings. The minimum atomic E-state index is -3.32. The fourth-order valence-corrected chi connectivity index (χ4v) is 4.86. The van der Waals surface area contributed by atoms with Crippen LogP contribution in [0, 0.1) is 0 Å². The Labute approximate surface area is 112 Å². The summed E-state index contributed by atoms with van der Waals surface area (Å²) in [6.07, 6.45) is 0. The lowest BCUT2D eigenvalue weighted by atomic mass is 10.4. The normalized spacial score (nSPS) is 19.2. The Morgan fingerprint density at radius 1 is 1.33 bits per heavy atom. The van der Waals surface area contributed by atoms with Crippen molar-refractivity contribution in [1.29, 1.82) is 0 Å². The minimum absolute atomic E-state index is 0.464. The molecule has 1 aliphatic rings. The highest BCUT2D eigenvalue weighted by molar-refractivity contribution is 7.89. The van der Waals surface area contributed by atoms with Gasteiger partial charge in [0.1, 0.15) is 0 Å². The number of nitrogens with zero attached hydrogens (tertiary/aromatic N) is 2. The van der Waals surface area contributed by atoms with Crippen LogP contribution in [0.5, 0.6) is 0 Å². The van der Waals surface area contributed by atoms with Crippen molar-refractivity contribution in [3.05, 3.63) is 16.3 Å². The van der Waals surface area contributed by atoms with E-state index in [1.807, 2.05) is 19.5 Å². The Kier molecular flexibility index (Phi) is 4.39. The van der Waals surface area contributed by atoms with Crippen LogP contribution >= 0.6 is 11.3 Å². The first-order valence-corrected chi connectivity index (χ1v) is 8.27. The summed E-state index contributed by atoms with van der Waals surface area (Å²) in [6.45, 7) is 3.34. The van der Waals surface area contributed by atoms with Gasteiger partial charge in [0.05, 0.1) is 4.90 Å². The molecule has 102 valence electrons. The Balaban J connectivity index is 2.22. The van der Waals surface area contributed by atoms with Gasteiger partial charge in [-0.2, -0.15) is 4.31 Å². The molecule has 1 saturated heterocycles. The number of hydrogen-bond donors (Lipinski definition) is 1. The summed E-state index contributed by atoms with van der Waals surface area (Å²) in [5, 5.41) is 4.85. The SMILES string of the molecule is CNCc1sccc1S(=O)(=O)N1CCN(C)CC1. The van der Waals surface area contributed by atoms with Crippen LogP contribution in [-0.2, 0) is 16.6 Å². The number of likely N-dealkylation sites (N-methyl/N-ethyl adjacent to an activating group) is 1. The predicted molar refractivity (Wildman–Crippen MR) is 73.3 cm³/mol. The molecule has 0 bridgehead atoms. The first-order valence-electron chi connectivity index (χ1n) is 5.95. The van der Waals surface area contributed by atoms with Gasteiger partial charge in [-0.3, -0.25) is 0 Å². The molecule has 1 N–H and O–H groups in total. The maximum absolute atomic E-state index is 12.5. The first-order chi connectivity index (χ1) is 8.55. The van der Waals surface area contributed by atoms with Gasteiger partial charge in [-0.1, -0.05) is 0 Å². The second kappa shape index (κ2) is 5.66. The van der Waals surface area contributed by atoms with Crippen LogP contribution in [-0.4, -0.2) is 57.9 Å². The third-order valence-corrected chi connectivity index (χ3v) is 6.16. The minimum Gasteiger partial charge on any atom is -0.315 e. The zero-order chi connectivity index (χ0) is 13.2. The fraction of sp³-hybridized carbons (Fsp3) is 0.636. The Bertz CT molecular complexity index is 490. The molecule has 0 aromatic carbocycles. The van der Waals surface area contributed by atoms with Crippen LogP contribution in [0.15, 0.2) is 16.3 Å². The molecule has 18 heavy (non-hydrogen) atoms. The van der Waals surface area contributed by atoms with E-state index in [-0.39, 0.29) is 0 Å². The topological polar surface area (TPSA) is 52.7 Å². The van der Waals surface area contributed by atoms with Crippen molar-refractivity contribution in [2.24, 2.45) is 0 Å². The molecule has 2 rings (SSSR count). The van der Waals surface area contributed by atoms with Gasteiger partial charge in [0.25, 0.3) is 0 Å². The summed E-state index contributed by atoms with van der Waals surface area (Å²) in [5.74, 6) is 0. The van der Waals surface area contributed by atoms with E-state index in [0.29, 0.717) is 24.5 Å². The van der Waals surface area contributed by atoms with Gasteiger partial charge >= 0.3 is 0 Å². The van der Waals surface area contributed by atoms with E-state index in [9.17, 15) is 8.42 Å². The van der Waals surface area contributed by atoms with Gasteiger partial charge < -0.3 is 10.2 Å². The van der Waals surface area contributed by atoms with Crippen molar-refractivity contribution in [3.8, 4) is 0 Å². The molecule has 5 nitrogen and oxygen atoms in total. The van der Waals surface area contributed by atoms with Crippen LogP contribution in [0.1, 0.15) is 4.88 Å². The molecule has 1 aliphatic heterocycles.